The molecule has 0 spiro atoms. The maximum atomic E-state index is 12.0. The number of carbonyl (C=O) groups excluding carboxylic acids is 1. The molecule has 2 N–H and O–H groups in total. The average Bonchev–Trinajstić information content (AvgIpc) is 2.34. The van der Waals surface area contributed by atoms with Crippen LogP contribution in [0.15, 0.2) is 24.3 Å². The van der Waals surface area contributed by atoms with Crippen molar-refractivity contribution in [1.29, 1.82) is 0 Å². The van der Waals surface area contributed by atoms with Gasteiger partial charge in [0.2, 0.25) is 0 Å². The van der Waals surface area contributed by atoms with Crippen LogP contribution in [0, 0.1) is 0 Å². The molecule has 0 radical (unpaired) electrons. The zero-order valence-electron chi connectivity index (χ0n) is 11.6. The normalized spacial score (nSPS) is 14.2. The lowest BCUT2D eigenvalue weighted by atomic mass is 10.1. The number of aliphatic hydroxyl groups is 1. The number of rotatable bonds is 6. The molecule has 0 fully saturated rings. The molecule has 0 bridgehead atoms. The molecule has 0 heterocycles. The van der Waals surface area contributed by atoms with Crippen LogP contribution in [0.5, 0.6) is 0 Å². The van der Waals surface area contributed by atoms with Gasteiger partial charge in [-0.3, -0.25) is 4.79 Å². The molecule has 19 heavy (non-hydrogen) atoms. The molecular formula is C14H21ClN2O2. The predicted molar refractivity (Wildman–Crippen MR) is 77.5 cm³/mol. The Labute approximate surface area is 119 Å². The van der Waals surface area contributed by atoms with Crippen molar-refractivity contribution in [3.8, 4) is 0 Å². The molecule has 5 heteroatoms. The Balaban J connectivity index is 2.60. The summed E-state index contributed by atoms with van der Waals surface area (Å²) in [5.41, 5.74) is 0.497. The first-order valence-electron chi connectivity index (χ1n) is 6.14. The summed E-state index contributed by atoms with van der Waals surface area (Å²) in [6, 6.07) is 7.14. The van der Waals surface area contributed by atoms with Gasteiger partial charge in [0.15, 0.2) is 0 Å². The molecule has 1 rings (SSSR count). The van der Waals surface area contributed by atoms with Gasteiger partial charge in [0, 0.05) is 24.5 Å². The highest BCUT2D eigenvalue weighted by Gasteiger charge is 2.22. The van der Waals surface area contributed by atoms with Gasteiger partial charge in [-0.1, -0.05) is 12.1 Å². The van der Waals surface area contributed by atoms with Crippen molar-refractivity contribution in [2.75, 3.05) is 27.2 Å². The SMILES string of the molecule is CN(C)CC(C)(O)CNC(=O)c1cccc(CCl)c1. The van der Waals surface area contributed by atoms with Crippen LogP contribution in [0.2, 0.25) is 0 Å². The summed E-state index contributed by atoms with van der Waals surface area (Å²) in [7, 11) is 3.75. The summed E-state index contributed by atoms with van der Waals surface area (Å²) in [6.07, 6.45) is 0. The van der Waals surface area contributed by atoms with Crippen LogP contribution in [-0.2, 0) is 5.88 Å². The number of hydrogen-bond acceptors (Lipinski definition) is 3. The smallest absolute Gasteiger partial charge is 0.251 e. The minimum Gasteiger partial charge on any atom is -0.387 e. The fourth-order valence-corrected chi connectivity index (χ4v) is 2.07. The first kappa shape index (κ1) is 16.0. The number of likely N-dealkylation sites (N-methyl/N-ethyl adjacent to an activating group) is 1. The maximum absolute atomic E-state index is 12.0. The van der Waals surface area contributed by atoms with E-state index in [1.54, 1.807) is 25.1 Å². The molecule has 1 atom stereocenters. The second-order valence-corrected chi connectivity index (χ2v) is 5.52. The maximum Gasteiger partial charge on any atom is 0.251 e. The number of carbonyl (C=O) groups is 1. The molecule has 0 saturated heterocycles. The van der Waals surface area contributed by atoms with Crippen LogP contribution in [0.1, 0.15) is 22.8 Å². The molecule has 0 aromatic heterocycles. The Morgan fingerprint density at radius 2 is 2.16 bits per heavy atom. The van der Waals surface area contributed by atoms with Gasteiger partial charge in [-0.2, -0.15) is 0 Å². The summed E-state index contributed by atoms with van der Waals surface area (Å²) >= 11 is 5.73. The van der Waals surface area contributed by atoms with Crippen molar-refractivity contribution in [3.63, 3.8) is 0 Å². The Kier molecular flexibility index (Phi) is 5.79. The summed E-state index contributed by atoms with van der Waals surface area (Å²) in [5, 5.41) is 12.8. The zero-order valence-corrected chi connectivity index (χ0v) is 12.4. The highest BCUT2D eigenvalue weighted by Crippen LogP contribution is 2.08. The number of halogens is 1. The molecule has 0 saturated carbocycles. The molecule has 1 amide bonds. The average molecular weight is 285 g/mol. The quantitative estimate of drug-likeness (QED) is 0.778. The molecule has 0 aliphatic rings. The monoisotopic (exact) mass is 284 g/mol. The molecule has 0 aliphatic carbocycles. The van der Waals surface area contributed by atoms with E-state index in [1.165, 1.54) is 0 Å². The van der Waals surface area contributed by atoms with Gasteiger partial charge < -0.3 is 15.3 Å². The number of alkyl halides is 1. The summed E-state index contributed by atoms with van der Waals surface area (Å²) in [5.74, 6) is 0.172. The van der Waals surface area contributed by atoms with Gasteiger partial charge in [0.25, 0.3) is 5.91 Å². The topological polar surface area (TPSA) is 52.6 Å². The van der Waals surface area contributed by atoms with E-state index in [0.717, 1.165) is 5.56 Å². The van der Waals surface area contributed by atoms with Crippen LogP contribution in [0.4, 0.5) is 0 Å². The highest BCUT2D eigenvalue weighted by molar-refractivity contribution is 6.17. The summed E-state index contributed by atoms with van der Waals surface area (Å²) in [6.45, 7) is 2.38. The van der Waals surface area contributed by atoms with Crippen molar-refractivity contribution in [2.45, 2.75) is 18.4 Å². The standard InChI is InChI=1S/C14H21ClN2O2/c1-14(19,10-17(2)3)9-16-13(18)12-6-4-5-11(7-12)8-15/h4-7,19H,8-10H2,1-3H3,(H,16,18). The van der Waals surface area contributed by atoms with Crippen LogP contribution in [0.25, 0.3) is 0 Å². The largest absolute Gasteiger partial charge is 0.387 e. The van der Waals surface area contributed by atoms with Crippen molar-refractivity contribution < 1.29 is 9.90 Å². The van der Waals surface area contributed by atoms with E-state index in [1.807, 2.05) is 25.1 Å². The Morgan fingerprint density at radius 3 is 2.74 bits per heavy atom. The van der Waals surface area contributed by atoms with E-state index in [0.29, 0.717) is 18.0 Å². The Bertz CT molecular complexity index is 433. The van der Waals surface area contributed by atoms with Gasteiger partial charge in [-0.25, -0.2) is 0 Å². The first-order chi connectivity index (χ1) is 8.84. The van der Waals surface area contributed by atoms with Crippen molar-refractivity contribution >= 4 is 17.5 Å². The van der Waals surface area contributed by atoms with Gasteiger partial charge in [-0.05, 0) is 38.7 Å². The first-order valence-corrected chi connectivity index (χ1v) is 6.68. The zero-order chi connectivity index (χ0) is 14.5. The van der Waals surface area contributed by atoms with E-state index in [-0.39, 0.29) is 12.5 Å². The molecule has 4 nitrogen and oxygen atoms in total. The third kappa shape index (κ3) is 5.59. The van der Waals surface area contributed by atoms with Crippen molar-refractivity contribution in [2.24, 2.45) is 0 Å². The fraction of sp³-hybridized carbons (Fsp3) is 0.500. The van der Waals surface area contributed by atoms with E-state index in [2.05, 4.69) is 5.32 Å². The lowest BCUT2D eigenvalue weighted by molar-refractivity contribution is 0.0326. The van der Waals surface area contributed by atoms with Crippen LogP contribution in [-0.4, -0.2) is 48.7 Å². The minimum atomic E-state index is -0.955. The number of nitrogens with zero attached hydrogens (tertiary/aromatic N) is 1. The third-order valence-electron chi connectivity index (χ3n) is 2.63. The lowest BCUT2D eigenvalue weighted by Crippen LogP contribution is -2.47. The minimum absolute atomic E-state index is 0.203. The van der Waals surface area contributed by atoms with Gasteiger partial charge in [-0.15, -0.1) is 11.6 Å². The number of amides is 1. The molecule has 1 unspecified atom stereocenters. The lowest BCUT2D eigenvalue weighted by Gasteiger charge is -2.27. The molecule has 1 aromatic rings. The van der Waals surface area contributed by atoms with Gasteiger partial charge in [0.1, 0.15) is 0 Å². The Morgan fingerprint density at radius 1 is 1.47 bits per heavy atom. The van der Waals surface area contributed by atoms with Gasteiger partial charge in [0.05, 0.1) is 5.60 Å². The van der Waals surface area contributed by atoms with E-state index >= 15 is 0 Å². The summed E-state index contributed by atoms with van der Waals surface area (Å²) < 4.78 is 0. The third-order valence-corrected chi connectivity index (χ3v) is 2.94. The molecule has 1 aromatic carbocycles. The Hall–Kier alpha value is -1.10. The van der Waals surface area contributed by atoms with Crippen LogP contribution in [0.3, 0.4) is 0 Å². The summed E-state index contributed by atoms with van der Waals surface area (Å²) in [4.78, 5) is 13.8. The number of hydrogen-bond donors (Lipinski definition) is 2. The molecular weight excluding hydrogens is 264 g/mol. The highest BCUT2D eigenvalue weighted by atomic mass is 35.5. The van der Waals surface area contributed by atoms with Gasteiger partial charge >= 0.3 is 0 Å². The van der Waals surface area contributed by atoms with Crippen molar-refractivity contribution in [3.05, 3.63) is 35.4 Å². The predicted octanol–water partition coefficient (Wildman–Crippen LogP) is 1.47. The van der Waals surface area contributed by atoms with E-state index in [4.69, 9.17) is 11.6 Å². The second-order valence-electron chi connectivity index (χ2n) is 5.25. The van der Waals surface area contributed by atoms with E-state index < -0.39 is 5.60 Å². The fourth-order valence-electron chi connectivity index (χ4n) is 1.91. The van der Waals surface area contributed by atoms with Crippen LogP contribution >= 0.6 is 11.6 Å². The van der Waals surface area contributed by atoms with Crippen molar-refractivity contribution in [1.82, 2.24) is 10.2 Å². The second kappa shape index (κ2) is 6.89. The van der Waals surface area contributed by atoms with Crippen LogP contribution < -0.4 is 5.32 Å². The molecule has 0 aliphatic heterocycles. The number of benzene rings is 1. The van der Waals surface area contributed by atoms with E-state index in [9.17, 15) is 9.90 Å². The number of nitrogens with one attached hydrogen (secondary N) is 1. The molecule has 106 valence electrons.